The van der Waals surface area contributed by atoms with Gasteiger partial charge >= 0.3 is 0 Å². The molecule has 1 heterocycles. The van der Waals surface area contributed by atoms with Gasteiger partial charge in [-0.3, -0.25) is 9.89 Å². The molecule has 3 aromatic rings. The number of Topliss-reactive ketones (excluding diaryl/α,β-unsaturated/α-hetero) is 1. The van der Waals surface area contributed by atoms with E-state index in [2.05, 4.69) is 93.3 Å². The van der Waals surface area contributed by atoms with Gasteiger partial charge in [-0.2, -0.15) is 5.10 Å². The lowest BCUT2D eigenvalue weighted by atomic mass is 9.62. The minimum atomic E-state index is -0.373. The third-order valence-corrected chi connectivity index (χ3v) is 6.09. The van der Waals surface area contributed by atoms with Crippen LogP contribution in [0.5, 0.6) is 0 Å². The Kier molecular flexibility index (Phi) is 4.29. The lowest BCUT2D eigenvalue weighted by molar-refractivity contribution is 0.0943. The lowest BCUT2D eigenvalue weighted by Crippen LogP contribution is -2.39. The number of nitrogens with one attached hydrogen (secondary N) is 1. The van der Waals surface area contributed by atoms with Crippen molar-refractivity contribution in [3.8, 4) is 0 Å². The van der Waals surface area contributed by atoms with Crippen LogP contribution in [0.15, 0.2) is 48.5 Å². The predicted molar refractivity (Wildman–Crippen MR) is 113 cm³/mol. The molecule has 1 aliphatic carbocycles. The highest BCUT2D eigenvalue weighted by atomic mass is 16.1. The van der Waals surface area contributed by atoms with Crippen LogP contribution in [0.4, 0.5) is 0 Å². The molecule has 0 fully saturated rings. The number of hydrogen-bond acceptors (Lipinski definition) is 2. The molecular weight excluding hydrogens is 344 g/mol. The Morgan fingerprint density at radius 2 is 1.43 bits per heavy atom. The topological polar surface area (TPSA) is 45.8 Å². The van der Waals surface area contributed by atoms with Crippen molar-refractivity contribution in [2.75, 3.05) is 0 Å². The second kappa shape index (κ2) is 6.44. The maximum absolute atomic E-state index is 13.5. The van der Waals surface area contributed by atoms with Crippen LogP contribution in [-0.4, -0.2) is 16.0 Å². The number of hydrogen-bond donors (Lipinski definition) is 1. The third-order valence-electron chi connectivity index (χ3n) is 6.09. The molecule has 0 atom stereocenters. The van der Waals surface area contributed by atoms with E-state index in [9.17, 15) is 4.79 Å². The smallest absolute Gasteiger partial charge is 0.167 e. The average molecular weight is 373 g/mol. The normalized spacial score (nSPS) is 16.1. The molecule has 0 unspecified atom stereocenters. The van der Waals surface area contributed by atoms with Gasteiger partial charge in [0.15, 0.2) is 5.78 Å². The molecule has 1 aromatic heterocycles. The molecule has 0 amide bonds. The SMILES string of the molecule is Cc1ccccc1C1(c2ccccc2C)CC(=O)c2c(C(C)(C)C)n[nH]c2C1. The standard InChI is InChI=1S/C25H28N2O/c1-16-10-6-8-12-18(16)25(19-13-9-7-11-17(19)2)14-20-22(21(28)15-25)23(27-26-20)24(3,4)5/h6-13H,14-15H2,1-5H3,(H,26,27). The molecule has 2 aromatic carbocycles. The highest BCUT2D eigenvalue weighted by molar-refractivity contribution is 6.01. The number of aromatic amines is 1. The van der Waals surface area contributed by atoms with Crippen molar-refractivity contribution in [1.82, 2.24) is 10.2 Å². The van der Waals surface area contributed by atoms with Gasteiger partial charge in [0.05, 0.1) is 11.3 Å². The third kappa shape index (κ3) is 2.81. The summed E-state index contributed by atoms with van der Waals surface area (Å²) in [4.78, 5) is 13.5. The van der Waals surface area contributed by atoms with Crippen molar-refractivity contribution >= 4 is 5.78 Å². The zero-order valence-electron chi connectivity index (χ0n) is 17.4. The van der Waals surface area contributed by atoms with Crippen molar-refractivity contribution in [1.29, 1.82) is 0 Å². The van der Waals surface area contributed by atoms with Crippen LogP contribution in [0.1, 0.15) is 71.2 Å². The van der Waals surface area contributed by atoms with Gasteiger partial charge < -0.3 is 0 Å². The van der Waals surface area contributed by atoms with E-state index in [-0.39, 0.29) is 16.6 Å². The first-order chi connectivity index (χ1) is 13.2. The summed E-state index contributed by atoms with van der Waals surface area (Å²) in [5.41, 5.74) is 7.03. The molecule has 0 bridgehead atoms. The van der Waals surface area contributed by atoms with E-state index in [1.54, 1.807) is 0 Å². The van der Waals surface area contributed by atoms with Gasteiger partial charge in [0, 0.05) is 29.4 Å². The monoisotopic (exact) mass is 372 g/mol. The van der Waals surface area contributed by atoms with Gasteiger partial charge in [0.25, 0.3) is 0 Å². The van der Waals surface area contributed by atoms with Crippen LogP contribution in [0, 0.1) is 13.8 Å². The van der Waals surface area contributed by atoms with E-state index in [4.69, 9.17) is 0 Å². The number of carbonyl (C=O) groups is 1. The van der Waals surface area contributed by atoms with Crippen LogP contribution < -0.4 is 0 Å². The van der Waals surface area contributed by atoms with Gasteiger partial charge in [0.1, 0.15) is 0 Å². The van der Waals surface area contributed by atoms with E-state index in [1.165, 1.54) is 22.3 Å². The summed E-state index contributed by atoms with van der Waals surface area (Å²) >= 11 is 0. The second-order valence-corrected chi connectivity index (χ2v) is 9.16. The fourth-order valence-corrected chi connectivity index (χ4v) is 4.82. The van der Waals surface area contributed by atoms with Crippen molar-refractivity contribution < 1.29 is 4.79 Å². The van der Waals surface area contributed by atoms with Gasteiger partial charge in [-0.1, -0.05) is 69.3 Å². The van der Waals surface area contributed by atoms with E-state index in [0.717, 1.165) is 23.4 Å². The van der Waals surface area contributed by atoms with E-state index in [0.29, 0.717) is 6.42 Å². The van der Waals surface area contributed by atoms with Crippen molar-refractivity contribution in [3.05, 3.63) is 87.7 Å². The summed E-state index contributed by atoms with van der Waals surface area (Å²) in [6.45, 7) is 10.6. The summed E-state index contributed by atoms with van der Waals surface area (Å²) < 4.78 is 0. The molecule has 0 saturated heterocycles. The summed E-state index contributed by atoms with van der Waals surface area (Å²) in [5.74, 6) is 0.187. The summed E-state index contributed by atoms with van der Waals surface area (Å²) in [6.07, 6.45) is 1.23. The fraction of sp³-hybridized carbons (Fsp3) is 0.360. The largest absolute Gasteiger partial charge is 0.294 e. The molecule has 0 saturated carbocycles. The van der Waals surface area contributed by atoms with Crippen LogP contribution in [0.3, 0.4) is 0 Å². The number of ketones is 1. The van der Waals surface area contributed by atoms with E-state index in [1.807, 2.05) is 0 Å². The number of nitrogens with zero attached hydrogens (tertiary/aromatic N) is 1. The molecule has 1 aliphatic rings. The Morgan fingerprint density at radius 1 is 0.893 bits per heavy atom. The molecule has 0 spiro atoms. The minimum absolute atomic E-state index is 0.162. The zero-order chi connectivity index (χ0) is 20.1. The molecule has 3 heteroatoms. The highest BCUT2D eigenvalue weighted by Crippen LogP contribution is 2.46. The number of aryl methyl sites for hydroxylation is 2. The molecule has 1 N–H and O–H groups in total. The second-order valence-electron chi connectivity index (χ2n) is 9.16. The predicted octanol–water partition coefficient (Wildman–Crippen LogP) is 5.44. The van der Waals surface area contributed by atoms with Gasteiger partial charge in [0.2, 0.25) is 0 Å². The number of H-pyrrole nitrogens is 1. The maximum Gasteiger partial charge on any atom is 0.167 e. The summed E-state index contributed by atoms with van der Waals surface area (Å²) in [5, 5.41) is 7.80. The number of fused-ring (bicyclic) bond motifs is 1. The number of rotatable bonds is 2. The Morgan fingerprint density at radius 3 is 1.93 bits per heavy atom. The van der Waals surface area contributed by atoms with Crippen molar-refractivity contribution in [3.63, 3.8) is 0 Å². The molecular formula is C25H28N2O. The van der Waals surface area contributed by atoms with Crippen molar-refractivity contribution in [2.24, 2.45) is 0 Å². The van der Waals surface area contributed by atoms with Crippen LogP contribution in [-0.2, 0) is 17.3 Å². The lowest BCUT2D eigenvalue weighted by Gasteiger charge is -2.39. The van der Waals surface area contributed by atoms with Crippen molar-refractivity contribution in [2.45, 2.75) is 58.3 Å². The maximum atomic E-state index is 13.5. The molecule has 0 radical (unpaired) electrons. The molecule has 0 aliphatic heterocycles. The Balaban J connectivity index is 1.98. The van der Waals surface area contributed by atoms with Crippen LogP contribution in [0.2, 0.25) is 0 Å². The number of benzene rings is 2. The van der Waals surface area contributed by atoms with Crippen LogP contribution >= 0.6 is 0 Å². The highest BCUT2D eigenvalue weighted by Gasteiger charge is 2.45. The molecule has 4 rings (SSSR count). The summed E-state index contributed by atoms with van der Waals surface area (Å²) in [6, 6.07) is 16.9. The fourth-order valence-electron chi connectivity index (χ4n) is 4.82. The van der Waals surface area contributed by atoms with Gasteiger partial charge in [-0.15, -0.1) is 0 Å². The Bertz CT molecular complexity index is 1010. The zero-order valence-corrected chi connectivity index (χ0v) is 17.4. The summed E-state index contributed by atoms with van der Waals surface area (Å²) in [7, 11) is 0. The van der Waals surface area contributed by atoms with E-state index < -0.39 is 0 Å². The van der Waals surface area contributed by atoms with E-state index >= 15 is 0 Å². The Labute approximate surface area is 167 Å². The molecule has 144 valence electrons. The number of carbonyl (C=O) groups excluding carboxylic acids is 1. The molecule has 28 heavy (non-hydrogen) atoms. The van der Waals surface area contributed by atoms with Crippen LogP contribution in [0.25, 0.3) is 0 Å². The minimum Gasteiger partial charge on any atom is -0.294 e. The number of aromatic nitrogens is 2. The van der Waals surface area contributed by atoms with Gasteiger partial charge in [-0.05, 0) is 36.1 Å². The average Bonchev–Trinajstić information content (AvgIpc) is 3.07. The first kappa shape index (κ1) is 18.7. The van der Waals surface area contributed by atoms with Gasteiger partial charge in [-0.25, -0.2) is 0 Å². The quantitative estimate of drug-likeness (QED) is 0.651. The first-order valence-electron chi connectivity index (χ1n) is 9.97. The Hall–Kier alpha value is -2.68. The first-order valence-corrected chi connectivity index (χ1v) is 9.97. The molecule has 3 nitrogen and oxygen atoms in total.